The normalized spacial score (nSPS) is 13.0. The molecule has 0 heterocycles. The predicted molar refractivity (Wildman–Crippen MR) is 67.3 cm³/mol. The third kappa shape index (κ3) is 11.7. The first-order chi connectivity index (χ1) is 9.99. The van der Waals surface area contributed by atoms with Crippen LogP contribution in [0.3, 0.4) is 0 Å². The van der Waals surface area contributed by atoms with Crippen LogP contribution in [0, 0.1) is 0 Å². The third-order valence-electron chi connectivity index (χ3n) is 1.76. The number of hydrogen-bond donors (Lipinski definition) is 2. The van der Waals surface area contributed by atoms with Crippen molar-refractivity contribution in [1.82, 2.24) is 0 Å². The fourth-order valence-corrected chi connectivity index (χ4v) is 0.846. The average Bonchev–Trinajstić information content (AvgIpc) is 2.46. The van der Waals surface area contributed by atoms with Gasteiger partial charge in [-0.25, -0.2) is 9.59 Å². The van der Waals surface area contributed by atoms with Crippen LogP contribution in [0.15, 0.2) is 25.3 Å². The fourth-order valence-electron chi connectivity index (χ4n) is 0.846. The molecule has 2 N–H and O–H groups in total. The van der Waals surface area contributed by atoms with Gasteiger partial charge in [0.1, 0.15) is 25.4 Å². The topological polar surface area (TPSA) is 121 Å². The van der Waals surface area contributed by atoms with Crippen LogP contribution in [0.4, 0.5) is 0 Å². The van der Waals surface area contributed by atoms with E-state index in [0.29, 0.717) is 0 Å². The van der Waals surface area contributed by atoms with Gasteiger partial charge in [-0.3, -0.25) is 9.78 Å². The van der Waals surface area contributed by atoms with E-state index in [-0.39, 0.29) is 26.4 Å². The maximum atomic E-state index is 10.6. The monoisotopic (exact) mass is 306 g/mol. The van der Waals surface area contributed by atoms with Gasteiger partial charge in [-0.05, 0) is 0 Å². The van der Waals surface area contributed by atoms with Crippen LogP contribution in [0.2, 0.25) is 0 Å². The molecule has 0 spiro atoms. The Bertz CT molecular complexity index is 310. The molecule has 0 rings (SSSR count). The Morgan fingerprint density at radius 2 is 1.24 bits per heavy atom. The molecule has 0 aliphatic rings. The van der Waals surface area contributed by atoms with E-state index in [4.69, 9.17) is 4.74 Å². The van der Waals surface area contributed by atoms with Crippen LogP contribution >= 0.6 is 0 Å². The van der Waals surface area contributed by atoms with Crippen molar-refractivity contribution in [2.75, 3.05) is 26.4 Å². The summed E-state index contributed by atoms with van der Waals surface area (Å²) >= 11 is 0. The van der Waals surface area contributed by atoms with Crippen molar-refractivity contribution >= 4 is 11.9 Å². The largest absolute Gasteiger partial charge is 0.388 e. The number of aliphatic hydroxyl groups excluding tert-OH is 2. The van der Waals surface area contributed by atoms with Gasteiger partial charge in [0.2, 0.25) is 0 Å². The average molecular weight is 306 g/mol. The second kappa shape index (κ2) is 12.0. The number of carbonyl (C=O) groups is 2. The molecular formula is C12H18O9. The van der Waals surface area contributed by atoms with Crippen LogP contribution in [0.25, 0.3) is 0 Å². The van der Waals surface area contributed by atoms with Crippen LogP contribution in [-0.2, 0) is 33.9 Å². The van der Waals surface area contributed by atoms with E-state index in [0.717, 1.165) is 12.2 Å². The molecule has 0 amide bonds. The molecular weight excluding hydrogens is 288 g/mol. The SMILES string of the molecule is C=CC(=O)OOCC(O)COCC(O)COOC(=O)C=C. The van der Waals surface area contributed by atoms with Gasteiger partial charge in [0.15, 0.2) is 0 Å². The Morgan fingerprint density at radius 1 is 0.857 bits per heavy atom. The van der Waals surface area contributed by atoms with E-state index in [1.807, 2.05) is 0 Å². The first kappa shape index (κ1) is 19.2. The summed E-state index contributed by atoms with van der Waals surface area (Å²) in [5.41, 5.74) is 0. The second-order valence-corrected chi connectivity index (χ2v) is 3.63. The summed E-state index contributed by atoms with van der Waals surface area (Å²) in [6.45, 7) is 5.35. The molecule has 0 aromatic carbocycles. The van der Waals surface area contributed by atoms with Crippen molar-refractivity contribution in [1.29, 1.82) is 0 Å². The molecule has 2 atom stereocenters. The molecule has 21 heavy (non-hydrogen) atoms. The van der Waals surface area contributed by atoms with Crippen molar-refractivity contribution < 1.29 is 44.1 Å². The van der Waals surface area contributed by atoms with Crippen molar-refractivity contribution in [3.05, 3.63) is 25.3 Å². The van der Waals surface area contributed by atoms with Crippen molar-refractivity contribution in [3.63, 3.8) is 0 Å². The molecule has 0 radical (unpaired) electrons. The maximum absolute atomic E-state index is 10.6. The number of hydrogen-bond acceptors (Lipinski definition) is 9. The minimum Gasteiger partial charge on any atom is -0.388 e. The molecule has 9 heteroatoms. The Balaban J connectivity index is 3.54. The van der Waals surface area contributed by atoms with E-state index in [9.17, 15) is 19.8 Å². The number of ether oxygens (including phenoxy) is 1. The number of carbonyl (C=O) groups excluding carboxylic acids is 2. The van der Waals surface area contributed by atoms with Crippen molar-refractivity contribution in [2.45, 2.75) is 12.2 Å². The summed E-state index contributed by atoms with van der Waals surface area (Å²) in [6.07, 6.45) is -0.319. The molecule has 9 nitrogen and oxygen atoms in total. The van der Waals surface area contributed by atoms with Crippen molar-refractivity contribution in [3.8, 4) is 0 Å². The molecule has 2 unspecified atom stereocenters. The standard InChI is InChI=1S/C12H18O9/c1-3-11(15)20-18-7-9(13)5-17-6-10(14)8-19-21-12(16)4-2/h3-4,9-10,13-14H,1-2,5-8H2. The van der Waals surface area contributed by atoms with Gasteiger partial charge in [-0.1, -0.05) is 13.2 Å². The molecule has 0 saturated heterocycles. The molecule has 0 aromatic rings. The number of aliphatic hydroxyl groups is 2. The summed E-state index contributed by atoms with van der Waals surface area (Å²) < 4.78 is 4.94. The summed E-state index contributed by atoms with van der Waals surface area (Å²) in [4.78, 5) is 38.4. The highest BCUT2D eigenvalue weighted by molar-refractivity contribution is 5.80. The minimum absolute atomic E-state index is 0.171. The summed E-state index contributed by atoms with van der Waals surface area (Å²) in [6, 6.07) is 0. The predicted octanol–water partition coefficient (Wildman–Crippen LogP) is -0.954. The summed E-state index contributed by atoms with van der Waals surface area (Å²) in [5, 5.41) is 18.7. The molecule has 0 aliphatic heterocycles. The first-order valence-electron chi connectivity index (χ1n) is 5.85. The van der Waals surface area contributed by atoms with Gasteiger partial charge in [-0.15, -0.1) is 0 Å². The zero-order valence-electron chi connectivity index (χ0n) is 11.3. The Morgan fingerprint density at radius 3 is 1.57 bits per heavy atom. The fraction of sp³-hybridized carbons (Fsp3) is 0.500. The van der Waals surface area contributed by atoms with E-state index in [2.05, 4.69) is 32.7 Å². The molecule has 0 saturated carbocycles. The van der Waals surface area contributed by atoms with E-state index < -0.39 is 24.1 Å². The van der Waals surface area contributed by atoms with Gasteiger partial charge in [0.25, 0.3) is 0 Å². The lowest BCUT2D eigenvalue weighted by atomic mass is 10.4. The highest BCUT2D eigenvalue weighted by Crippen LogP contribution is 1.94. The third-order valence-corrected chi connectivity index (χ3v) is 1.76. The second-order valence-electron chi connectivity index (χ2n) is 3.63. The molecule has 0 bridgehead atoms. The zero-order valence-corrected chi connectivity index (χ0v) is 11.3. The molecule has 120 valence electrons. The highest BCUT2D eigenvalue weighted by Gasteiger charge is 2.11. The molecule has 0 aliphatic carbocycles. The van der Waals surface area contributed by atoms with E-state index in [1.165, 1.54) is 0 Å². The van der Waals surface area contributed by atoms with E-state index >= 15 is 0 Å². The van der Waals surface area contributed by atoms with E-state index in [1.54, 1.807) is 0 Å². The van der Waals surface area contributed by atoms with Gasteiger partial charge < -0.3 is 14.9 Å². The summed E-state index contributed by atoms with van der Waals surface area (Å²) in [5.74, 6) is -1.57. The van der Waals surface area contributed by atoms with Gasteiger partial charge >= 0.3 is 11.9 Å². The first-order valence-corrected chi connectivity index (χ1v) is 5.85. The zero-order chi connectivity index (χ0) is 16.1. The Labute approximate surface area is 121 Å². The molecule has 0 aromatic heterocycles. The lowest BCUT2D eigenvalue weighted by Gasteiger charge is -2.13. The lowest BCUT2D eigenvalue weighted by Crippen LogP contribution is -2.27. The lowest BCUT2D eigenvalue weighted by molar-refractivity contribution is -0.282. The van der Waals surface area contributed by atoms with Crippen LogP contribution in [-0.4, -0.2) is 60.8 Å². The van der Waals surface area contributed by atoms with Crippen LogP contribution < -0.4 is 0 Å². The van der Waals surface area contributed by atoms with Crippen LogP contribution in [0.5, 0.6) is 0 Å². The maximum Gasteiger partial charge on any atom is 0.365 e. The smallest absolute Gasteiger partial charge is 0.365 e. The minimum atomic E-state index is -1.06. The van der Waals surface area contributed by atoms with Crippen LogP contribution in [0.1, 0.15) is 0 Å². The van der Waals surface area contributed by atoms with Gasteiger partial charge in [0.05, 0.1) is 13.2 Å². The Hall–Kier alpha value is -1.78. The van der Waals surface area contributed by atoms with Crippen molar-refractivity contribution in [2.24, 2.45) is 0 Å². The summed E-state index contributed by atoms with van der Waals surface area (Å²) in [7, 11) is 0. The molecule has 0 fully saturated rings. The van der Waals surface area contributed by atoms with Gasteiger partial charge in [0, 0.05) is 12.2 Å². The highest BCUT2D eigenvalue weighted by atomic mass is 17.2. The Kier molecular flexibility index (Phi) is 11.0. The quantitative estimate of drug-likeness (QED) is 0.267. The van der Waals surface area contributed by atoms with Gasteiger partial charge in [-0.2, -0.15) is 9.78 Å². The number of rotatable bonds is 12.